The molecular formula is C26H33NO5. The zero-order valence-corrected chi connectivity index (χ0v) is 19.7. The molecule has 172 valence electrons. The monoisotopic (exact) mass is 439 g/mol. The van der Waals surface area contributed by atoms with Crippen LogP contribution in [-0.4, -0.2) is 34.7 Å². The van der Waals surface area contributed by atoms with Gasteiger partial charge in [-0.25, -0.2) is 4.79 Å². The van der Waals surface area contributed by atoms with Gasteiger partial charge in [0, 0.05) is 11.6 Å². The minimum absolute atomic E-state index is 0.00827. The number of carbonyl (C=O) groups is 1. The summed E-state index contributed by atoms with van der Waals surface area (Å²) < 4.78 is 10.9. The molecule has 0 bridgehead atoms. The first-order valence-electron chi connectivity index (χ1n) is 11.0. The number of rotatable bonds is 6. The number of fused-ring (bicyclic) bond motifs is 1. The number of hydrogen-bond donors (Lipinski definition) is 2. The second-order valence-electron chi connectivity index (χ2n) is 10.00. The summed E-state index contributed by atoms with van der Waals surface area (Å²) in [5.74, 6) is -0.473. The molecule has 32 heavy (non-hydrogen) atoms. The van der Waals surface area contributed by atoms with Crippen LogP contribution in [-0.2, 0) is 15.6 Å². The SMILES string of the molecule is CC(C)OC(=O)c1ccc(OC/C(=N/O)c2ccc3c(c2)C(C)(C)CCC3(C)C)cc1O. The Kier molecular flexibility index (Phi) is 6.54. The molecule has 0 fully saturated rings. The number of oxime groups is 1. The van der Waals surface area contributed by atoms with Crippen LogP contribution < -0.4 is 4.74 Å². The number of phenols is 1. The Hall–Kier alpha value is -3.02. The zero-order chi connectivity index (χ0) is 23.7. The van der Waals surface area contributed by atoms with Crippen LogP contribution in [0.5, 0.6) is 11.5 Å². The Balaban J connectivity index is 1.79. The number of benzene rings is 2. The molecule has 0 aromatic heterocycles. The van der Waals surface area contributed by atoms with E-state index in [0.717, 1.165) is 18.4 Å². The van der Waals surface area contributed by atoms with Crippen molar-refractivity contribution in [1.29, 1.82) is 0 Å². The fraction of sp³-hybridized carbons (Fsp3) is 0.462. The highest BCUT2D eigenvalue weighted by Gasteiger charge is 2.37. The van der Waals surface area contributed by atoms with Crippen LogP contribution in [0.3, 0.4) is 0 Å². The van der Waals surface area contributed by atoms with Crippen LogP contribution in [0.15, 0.2) is 41.6 Å². The largest absolute Gasteiger partial charge is 0.507 e. The van der Waals surface area contributed by atoms with Crippen molar-refractivity contribution in [2.45, 2.75) is 71.3 Å². The predicted molar refractivity (Wildman–Crippen MR) is 124 cm³/mol. The maximum absolute atomic E-state index is 12.0. The molecule has 2 aromatic carbocycles. The molecule has 6 heteroatoms. The van der Waals surface area contributed by atoms with Crippen LogP contribution in [0.25, 0.3) is 0 Å². The summed E-state index contributed by atoms with van der Waals surface area (Å²) in [5.41, 5.74) is 3.97. The van der Waals surface area contributed by atoms with Crippen molar-refractivity contribution in [3.63, 3.8) is 0 Å². The van der Waals surface area contributed by atoms with Crippen molar-refractivity contribution in [1.82, 2.24) is 0 Å². The van der Waals surface area contributed by atoms with Crippen LogP contribution >= 0.6 is 0 Å². The average Bonchev–Trinajstić information content (AvgIpc) is 2.71. The molecule has 1 aliphatic rings. The number of carbonyl (C=O) groups excluding carboxylic acids is 1. The summed E-state index contributed by atoms with van der Waals surface area (Å²) in [6.07, 6.45) is 1.93. The molecule has 0 radical (unpaired) electrons. The smallest absolute Gasteiger partial charge is 0.342 e. The van der Waals surface area contributed by atoms with E-state index in [-0.39, 0.29) is 34.9 Å². The Bertz CT molecular complexity index is 1040. The topological polar surface area (TPSA) is 88.4 Å². The van der Waals surface area contributed by atoms with Gasteiger partial charge in [0.25, 0.3) is 0 Å². The molecule has 3 rings (SSSR count). The number of hydrogen-bond acceptors (Lipinski definition) is 6. The standard InChI is InChI=1S/C26H33NO5/c1-16(2)32-24(29)19-9-8-18(14-23(19)28)31-15-22(27-30)17-7-10-20-21(13-17)26(5,6)12-11-25(20,3)4/h7-10,13-14,16,28,30H,11-12,15H2,1-6H3/b27-22-. The Morgan fingerprint density at radius 2 is 1.69 bits per heavy atom. The van der Waals surface area contributed by atoms with E-state index in [1.165, 1.54) is 23.3 Å². The molecule has 6 nitrogen and oxygen atoms in total. The van der Waals surface area contributed by atoms with Gasteiger partial charge in [0.2, 0.25) is 0 Å². The number of aromatic hydroxyl groups is 1. The second-order valence-corrected chi connectivity index (χ2v) is 10.00. The lowest BCUT2D eigenvalue weighted by Crippen LogP contribution is -2.34. The highest BCUT2D eigenvalue weighted by molar-refractivity contribution is 6.01. The molecule has 1 aliphatic carbocycles. The number of phenolic OH excluding ortho intramolecular Hbond substituents is 1. The van der Waals surface area contributed by atoms with Gasteiger partial charge in [-0.05, 0) is 66.8 Å². The number of ether oxygens (including phenoxy) is 2. The first-order valence-corrected chi connectivity index (χ1v) is 11.0. The van der Waals surface area contributed by atoms with E-state index in [9.17, 15) is 15.1 Å². The fourth-order valence-corrected chi connectivity index (χ4v) is 4.14. The molecule has 0 atom stereocenters. The second kappa shape index (κ2) is 8.85. The van der Waals surface area contributed by atoms with E-state index in [1.54, 1.807) is 19.9 Å². The third-order valence-electron chi connectivity index (χ3n) is 6.21. The van der Waals surface area contributed by atoms with E-state index < -0.39 is 5.97 Å². The summed E-state index contributed by atoms with van der Waals surface area (Å²) in [7, 11) is 0. The highest BCUT2D eigenvalue weighted by Crippen LogP contribution is 2.45. The molecule has 0 saturated carbocycles. The van der Waals surface area contributed by atoms with Crippen molar-refractivity contribution in [3.8, 4) is 11.5 Å². The molecule has 0 heterocycles. The lowest BCUT2D eigenvalue weighted by Gasteiger charge is -2.42. The third-order valence-corrected chi connectivity index (χ3v) is 6.21. The Morgan fingerprint density at radius 3 is 2.28 bits per heavy atom. The van der Waals surface area contributed by atoms with Crippen molar-refractivity contribution in [2.24, 2.45) is 5.16 Å². The number of esters is 1. The van der Waals surface area contributed by atoms with Crippen LogP contribution in [0, 0.1) is 0 Å². The van der Waals surface area contributed by atoms with E-state index in [4.69, 9.17) is 9.47 Å². The van der Waals surface area contributed by atoms with Crippen molar-refractivity contribution >= 4 is 11.7 Å². The van der Waals surface area contributed by atoms with Gasteiger partial charge in [0.15, 0.2) is 0 Å². The van der Waals surface area contributed by atoms with Gasteiger partial charge >= 0.3 is 5.97 Å². The van der Waals surface area contributed by atoms with E-state index >= 15 is 0 Å². The van der Waals surface area contributed by atoms with E-state index in [0.29, 0.717) is 11.5 Å². The minimum Gasteiger partial charge on any atom is -0.507 e. The first kappa shape index (κ1) is 23.6. The Morgan fingerprint density at radius 1 is 1.03 bits per heavy atom. The van der Waals surface area contributed by atoms with Gasteiger partial charge in [-0.2, -0.15) is 0 Å². The molecule has 0 aliphatic heterocycles. The average molecular weight is 440 g/mol. The van der Waals surface area contributed by atoms with Crippen LogP contribution in [0.4, 0.5) is 0 Å². The molecule has 0 unspecified atom stereocenters. The molecule has 0 amide bonds. The molecule has 0 saturated heterocycles. The summed E-state index contributed by atoms with van der Waals surface area (Å²) in [6.45, 7) is 12.5. The zero-order valence-electron chi connectivity index (χ0n) is 19.7. The third kappa shape index (κ3) is 4.90. The fourth-order valence-electron chi connectivity index (χ4n) is 4.14. The lowest BCUT2D eigenvalue weighted by atomic mass is 9.63. The van der Waals surface area contributed by atoms with Gasteiger partial charge in [-0.1, -0.05) is 45.0 Å². The van der Waals surface area contributed by atoms with Gasteiger partial charge in [-0.3, -0.25) is 0 Å². The highest BCUT2D eigenvalue weighted by atomic mass is 16.5. The maximum Gasteiger partial charge on any atom is 0.342 e. The van der Waals surface area contributed by atoms with Crippen LogP contribution in [0.2, 0.25) is 0 Å². The molecular weight excluding hydrogens is 406 g/mol. The quantitative estimate of drug-likeness (QED) is 0.266. The Labute approximate surface area is 189 Å². The van der Waals surface area contributed by atoms with Gasteiger partial charge in [0.1, 0.15) is 29.4 Å². The van der Waals surface area contributed by atoms with Gasteiger partial charge in [0.05, 0.1) is 6.10 Å². The normalized spacial score (nSPS) is 17.0. The summed E-state index contributed by atoms with van der Waals surface area (Å²) >= 11 is 0. The lowest BCUT2D eigenvalue weighted by molar-refractivity contribution is 0.0374. The maximum atomic E-state index is 12.0. The predicted octanol–water partition coefficient (Wildman–Crippen LogP) is 5.56. The summed E-state index contributed by atoms with van der Waals surface area (Å²) in [5, 5.41) is 23.3. The van der Waals surface area contributed by atoms with E-state index in [1.807, 2.05) is 6.07 Å². The minimum atomic E-state index is -0.596. The summed E-state index contributed by atoms with van der Waals surface area (Å²) in [4.78, 5) is 12.0. The van der Waals surface area contributed by atoms with Crippen molar-refractivity contribution in [2.75, 3.05) is 6.61 Å². The van der Waals surface area contributed by atoms with E-state index in [2.05, 4.69) is 45.0 Å². The molecule has 2 N–H and O–H groups in total. The summed E-state index contributed by atoms with van der Waals surface area (Å²) in [6, 6.07) is 10.6. The molecule has 2 aromatic rings. The first-order chi connectivity index (χ1) is 14.9. The van der Waals surface area contributed by atoms with Crippen molar-refractivity contribution < 1.29 is 24.6 Å². The van der Waals surface area contributed by atoms with Gasteiger partial charge < -0.3 is 19.8 Å². The number of nitrogens with zero attached hydrogens (tertiary/aromatic N) is 1. The van der Waals surface area contributed by atoms with Gasteiger partial charge in [-0.15, -0.1) is 0 Å². The molecule has 0 spiro atoms. The van der Waals surface area contributed by atoms with Crippen LogP contribution in [0.1, 0.15) is 81.4 Å². The van der Waals surface area contributed by atoms with Crippen molar-refractivity contribution in [3.05, 3.63) is 58.7 Å².